The molecular weight excluding hydrogens is 226 g/mol. The standard InChI is InChI=1S/C12H16ClNO2/c1-16-10-5-4-9(13)11(12(10)15)8-3-2-6-14-7-8/h4-5,8,14-15H,2-3,6-7H2,1H3. The Morgan fingerprint density at radius 3 is 2.94 bits per heavy atom. The van der Waals surface area contributed by atoms with Gasteiger partial charge < -0.3 is 15.2 Å². The van der Waals surface area contributed by atoms with Crippen LogP contribution in [-0.2, 0) is 0 Å². The van der Waals surface area contributed by atoms with Crippen LogP contribution < -0.4 is 10.1 Å². The molecule has 0 bridgehead atoms. The minimum absolute atomic E-state index is 0.184. The highest BCUT2D eigenvalue weighted by molar-refractivity contribution is 6.31. The van der Waals surface area contributed by atoms with Gasteiger partial charge in [0.25, 0.3) is 0 Å². The Morgan fingerprint density at radius 1 is 1.50 bits per heavy atom. The van der Waals surface area contributed by atoms with E-state index >= 15 is 0 Å². The smallest absolute Gasteiger partial charge is 0.162 e. The lowest BCUT2D eigenvalue weighted by Gasteiger charge is -2.25. The molecule has 2 rings (SSSR count). The SMILES string of the molecule is COc1ccc(Cl)c(C2CCCNC2)c1O. The Kier molecular flexibility index (Phi) is 3.56. The van der Waals surface area contributed by atoms with Crippen LogP contribution in [0.1, 0.15) is 24.3 Å². The van der Waals surface area contributed by atoms with Crippen molar-refractivity contribution in [3.05, 3.63) is 22.7 Å². The number of nitrogens with one attached hydrogen (secondary N) is 1. The highest BCUT2D eigenvalue weighted by Crippen LogP contribution is 2.41. The first-order chi connectivity index (χ1) is 7.74. The van der Waals surface area contributed by atoms with Crippen LogP contribution in [0.3, 0.4) is 0 Å². The van der Waals surface area contributed by atoms with E-state index in [0.29, 0.717) is 10.8 Å². The highest BCUT2D eigenvalue weighted by Gasteiger charge is 2.23. The van der Waals surface area contributed by atoms with Crippen LogP contribution in [0.15, 0.2) is 12.1 Å². The number of piperidine rings is 1. The summed E-state index contributed by atoms with van der Waals surface area (Å²) in [4.78, 5) is 0. The third-order valence-electron chi connectivity index (χ3n) is 3.05. The van der Waals surface area contributed by atoms with Gasteiger partial charge in [-0.15, -0.1) is 0 Å². The minimum atomic E-state index is 0.184. The molecule has 0 radical (unpaired) electrons. The van der Waals surface area contributed by atoms with E-state index in [0.717, 1.165) is 31.5 Å². The number of hydrogen-bond donors (Lipinski definition) is 2. The van der Waals surface area contributed by atoms with E-state index in [1.165, 1.54) is 0 Å². The Labute approximate surface area is 100 Å². The van der Waals surface area contributed by atoms with Gasteiger partial charge in [-0.05, 0) is 31.5 Å². The van der Waals surface area contributed by atoms with Crippen molar-refractivity contribution in [1.29, 1.82) is 0 Å². The summed E-state index contributed by atoms with van der Waals surface area (Å²) in [6, 6.07) is 3.47. The fraction of sp³-hybridized carbons (Fsp3) is 0.500. The number of aromatic hydroxyl groups is 1. The second kappa shape index (κ2) is 4.93. The molecule has 0 aliphatic carbocycles. The van der Waals surface area contributed by atoms with Crippen LogP contribution in [0.4, 0.5) is 0 Å². The molecule has 1 fully saturated rings. The predicted octanol–water partition coefficient (Wildman–Crippen LogP) is 2.52. The zero-order valence-electron chi connectivity index (χ0n) is 9.29. The van der Waals surface area contributed by atoms with Gasteiger partial charge in [-0.3, -0.25) is 0 Å². The van der Waals surface area contributed by atoms with Crippen LogP contribution in [0.2, 0.25) is 5.02 Å². The number of methoxy groups -OCH3 is 1. The Balaban J connectivity index is 2.37. The fourth-order valence-corrected chi connectivity index (χ4v) is 2.52. The first-order valence-corrected chi connectivity index (χ1v) is 5.88. The van der Waals surface area contributed by atoms with Crippen molar-refractivity contribution < 1.29 is 9.84 Å². The molecule has 1 aliphatic heterocycles. The molecule has 1 atom stereocenters. The van der Waals surface area contributed by atoms with Gasteiger partial charge in [0.2, 0.25) is 0 Å². The number of rotatable bonds is 2. The summed E-state index contributed by atoms with van der Waals surface area (Å²) in [5.41, 5.74) is 0.813. The van der Waals surface area contributed by atoms with Gasteiger partial charge in [-0.1, -0.05) is 11.6 Å². The van der Waals surface area contributed by atoms with E-state index in [1.807, 2.05) is 0 Å². The van der Waals surface area contributed by atoms with Crippen molar-refractivity contribution in [2.75, 3.05) is 20.2 Å². The molecule has 1 unspecified atom stereocenters. The minimum Gasteiger partial charge on any atom is -0.504 e. The molecule has 88 valence electrons. The summed E-state index contributed by atoms with van der Waals surface area (Å²) in [6.07, 6.45) is 2.16. The van der Waals surface area contributed by atoms with Crippen LogP contribution >= 0.6 is 11.6 Å². The Morgan fingerprint density at radius 2 is 2.31 bits per heavy atom. The van der Waals surface area contributed by atoms with Crippen molar-refractivity contribution in [2.45, 2.75) is 18.8 Å². The summed E-state index contributed by atoms with van der Waals surface area (Å²) in [6.45, 7) is 1.90. The Bertz CT molecular complexity index is 376. The molecule has 0 saturated carbocycles. The van der Waals surface area contributed by atoms with Gasteiger partial charge in [0.1, 0.15) is 0 Å². The lowest BCUT2D eigenvalue weighted by molar-refractivity contribution is 0.363. The normalized spacial score (nSPS) is 20.8. The summed E-state index contributed by atoms with van der Waals surface area (Å²) in [5, 5.41) is 14.0. The Hall–Kier alpha value is -0.930. The number of phenolic OH excluding ortho intramolecular Hbond substituents is 1. The first kappa shape index (κ1) is 11.6. The second-order valence-corrected chi connectivity index (χ2v) is 4.46. The van der Waals surface area contributed by atoms with Crippen molar-refractivity contribution in [3.8, 4) is 11.5 Å². The van der Waals surface area contributed by atoms with E-state index in [1.54, 1.807) is 19.2 Å². The summed E-state index contributed by atoms with van der Waals surface area (Å²) < 4.78 is 5.10. The van der Waals surface area contributed by atoms with Crippen LogP contribution in [-0.4, -0.2) is 25.3 Å². The van der Waals surface area contributed by atoms with E-state index in [9.17, 15) is 5.11 Å². The third kappa shape index (κ3) is 2.11. The van der Waals surface area contributed by atoms with E-state index in [2.05, 4.69) is 5.32 Å². The predicted molar refractivity (Wildman–Crippen MR) is 64.5 cm³/mol. The molecule has 0 amide bonds. The van der Waals surface area contributed by atoms with Gasteiger partial charge in [0.15, 0.2) is 11.5 Å². The number of hydrogen-bond acceptors (Lipinski definition) is 3. The number of phenols is 1. The molecule has 1 aromatic carbocycles. The number of benzene rings is 1. The van der Waals surface area contributed by atoms with Crippen LogP contribution in [0.5, 0.6) is 11.5 Å². The van der Waals surface area contributed by atoms with Gasteiger partial charge in [0, 0.05) is 23.0 Å². The zero-order chi connectivity index (χ0) is 11.5. The molecule has 1 aliphatic rings. The molecule has 4 heteroatoms. The van der Waals surface area contributed by atoms with Crippen molar-refractivity contribution >= 4 is 11.6 Å². The molecular formula is C12H16ClNO2. The maximum Gasteiger partial charge on any atom is 0.162 e. The van der Waals surface area contributed by atoms with Crippen LogP contribution in [0, 0.1) is 0 Å². The summed E-state index contributed by atoms with van der Waals surface area (Å²) in [5.74, 6) is 0.949. The van der Waals surface area contributed by atoms with Gasteiger partial charge in [0.05, 0.1) is 7.11 Å². The molecule has 1 aromatic rings. The lowest BCUT2D eigenvalue weighted by atomic mass is 9.90. The highest BCUT2D eigenvalue weighted by atomic mass is 35.5. The quantitative estimate of drug-likeness (QED) is 0.836. The molecule has 0 spiro atoms. The third-order valence-corrected chi connectivity index (χ3v) is 3.38. The molecule has 3 nitrogen and oxygen atoms in total. The van der Waals surface area contributed by atoms with Crippen molar-refractivity contribution in [2.24, 2.45) is 0 Å². The number of halogens is 1. The molecule has 1 saturated heterocycles. The van der Waals surface area contributed by atoms with Crippen LogP contribution in [0.25, 0.3) is 0 Å². The van der Waals surface area contributed by atoms with Gasteiger partial charge in [-0.2, -0.15) is 0 Å². The van der Waals surface area contributed by atoms with Gasteiger partial charge in [-0.25, -0.2) is 0 Å². The first-order valence-electron chi connectivity index (χ1n) is 5.50. The van der Waals surface area contributed by atoms with E-state index < -0.39 is 0 Å². The van der Waals surface area contributed by atoms with Crippen molar-refractivity contribution in [1.82, 2.24) is 5.32 Å². The molecule has 16 heavy (non-hydrogen) atoms. The largest absolute Gasteiger partial charge is 0.504 e. The van der Waals surface area contributed by atoms with E-state index in [4.69, 9.17) is 16.3 Å². The maximum absolute atomic E-state index is 10.1. The topological polar surface area (TPSA) is 41.5 Å². The summed E-state index contributed by atoms with van der Waals surface area (Å²) in [7, 11) is 1.55. The molecule has 2 N–H and O–H groups in total. The monoisotopic (exact) mass is 241 g/mol. The fourth-order valence-electron chi connectivity index (χ4n) is 2.21. The second-order valence-electron chi connectivity index (χ2n) is 4.06. The maximum atomic E-state index is 10.1. The zero-order valence-corrected chi connectivity index (χ0v) is 10.0. The molecule has 0 aromatic heterocycles. The number of ether oxygens (including phenoxy) is 1. The molecule has 1 heterocycles. The average molecular weight is 242 g/mol. The van der Waals surface area contributed by atoms with Gasteiger partial charge >= 0.3 is 0 Å². The van der Waals surface area contributed by atoms with Crippen molar-refractivity contribution in [3.63, 3.8) is 0 Å². The van der Waals surface area contributed by atoms with E-state index in [-0.39, 0.29) is 11.7 Å². The lowest BCUT2D eigenvalue weighted by Crippen LogP contribution is -2.28. The average Bonchev–Trinajstić information content (AvgIpc) is 2.31. The summed E-state index contributed by atoms with van der Waals surface area (Å²) >= 11 is 6.15.